The van der Waals surface area contributed by atoms with Gasteiger partial charge < -0.3 is 15.6 Å². The van der Waals surface area contributed by atoms with Crippen molar-refractivity contribution in [3.05, 3.63) is 30.1 Å². The third-order valence-electron chi connectivity index (χ3n) is 3.90. The molecule has 2 aromatic rings. The lowest BCUT2D eigenvalue weighted by molar-refractivity contribution is 0.0693. The third-order valence-corrected chi connectivity index (χ3v) is 3.90. The average molecular weight is 258 g/mol. The van der Waals surface area contributed by atoms with Crippen molar-refractivity contribution >= 4 is 16.9 Å². The zero-order valence-corrected chi connectivity index (χ0v) is 10.8. The van der Waals surface area contributed by atoms with E-state index in [1.807, 2.05) is 23.1 Å². The van der Waals surface area contributed by atoms with Gasteiger partial charge in [-0.05, 0) is 43.5 Å². The molecule has 0 radical (unpaired) electrons. The van der Waals surface area contributed by atoms with Crippen molar-refractivity contribution in [2.45, 2.75) is 12.8 Å². The van der Waals surface area contributed by atoms with E-state index in [2.05, 4.69) is 9.97 Å². The van der Waals surface area contributed by atoms with Crippen LogP contribution < -0.4 is 5.73 Å². The van der Waals surface area contributed by atoms with Gasteiger partial charge >= 0.3 is 0 Å². The Kier molecular flexibility index (Phi) is 3.21. The molecular weight excluding hydrogens is 240 g/mol. The maximum Gasteiger partial charge on any atom is 0.253 e. The molecule has 0 spiro atoms. The van der Waals surface area contributed by atoms with Crippen LogP contribution in [0.3, 0.4) is 0 Å². The molecule has 0 aliphatic carbocycles. The molecule has 2 heterocycles. The molecule has 0 unspecified atom stereocenters. The Morgan fingerprint density at radius 1 is 1.42 bits per heavy atom. The van der Waals surface area contributed by atoms with Gasteiger partial charge in [0.05, 0.1) is 17.4 Å². The first-order chi connectivity index (χ1) is 9.28. The maximum atomic E-state index is 12.4. The summed E-state index contributed by atoms with van der Waals surface area (Å²) in [5.74, 6) is 0.672. The molecule has 3 rings (SSSR count). The Morgan fingerprint density at radius 2 is 2.21 bits per heavy atom. The zero-order chi connectivity index (χ0) is 13.2. The van der Waals surface area contributed by atoms with Crippen LogP contribution in [0.5, 0.6) is 0 Å². The number of nitrogens with zero attached hydrogens (tertiary/aromatic N) is 2. The van der Waals surface area contributed by atoms with Gasteiger partial charge in [0.25, 0.3) is 5.91 Å². The number of rotatable bonds is 2. The molecule has 1 aromatic heterocycles. The highest BCUT2D eigenvalue weighted by molar-refractivity contribution is 5.97. The lowest BCUT2D eigenvalue weighted by Gasteiger charge is -2.31. The van der Waals surface area contributed by atoms with E-state index in [4.69, 9.17) is 5.73 Å². The highest BCUT2D eigenvalue weighted by Crippen LogP contribution is 2.19. The van der Waals surface area contributed by atoms with Crippen molar-refractivity contribution in [3.8, 4) is 0 Å². The monoisotopic (exact) mass is 258 g/mol. The predicted octanol–water partition coefficient (Wildman–Crippen LogP) is 1.37. The van der Waals surface area contributed by atoms with E-state index in [0.29, 0.717) is 5.92 Å². The molecule has 19 heavy (non-hydrogen) atoms. The SMILES string of the molecule is NCC1CCN(C(=O)c2ccc3nc[nH]c3c2)CC1. The van der Waals surface area contributed by atoms with Crippen LogP contribution in [-0.4, -0.2) is 40.4 Å². The summed E-state index contributed by atoms with van der Waals surface area (Å²) in [6, 6.07) is 5.60. The standard InChI is InChI=1S/C14H18N4O/c15-8-10-3-5-18(6-4-10)14(19)11-1-2-12-13(7-11)17-9-16-12/h1-2,7,9-10H,3-6,8,15H2,(H,16,17). The molecule has 0 bridgehead atoms. The maximum absolute atomic E-state index is 12.4. The Bertz CT molecular complexity index is 584. The van der Waals surface area contributed by atoms with Gasteiger partial charge in [-0.1, -0.05) is 0 Å². The Morgan fingerprint density at radius 3 is 2.95 bits per heavy atom. The van der Waals surface area contributed by atoms with Crippen molar-refractivity contribution in [3.63, 3.8) is 0 Å². The van der Waals surface area contributed by atoms with E-state index in [9.17, 15) is 4.79 Å². The minimum Gasteiger partial charge on any atom is -0.345 e. The number of carbonyl (C=O) groups excluding carboxylic acids is 1. The normalized spacial score (nSPS) is 17.0. The first kappa shape index (κ1) is 12.2. The van der Waals surface area contributed by atoms with E-state index >= 15 is 0 Å². The highest BCUT2D eigenvalue weighted by Gasteiger charge is 2.22. The summed E-state index contributed by atoms with van der Waals surface area (Å²) < 4.78 is 0. The molecule has 3 N–H and O–H groups in total. The predicted molar refractivity (Wildman–Crippen MR) is 73.8 cm³/mol. The Hall–Kier alpha value is -1.88. The second-order valence-corrected chi connectivity index (χ2v) is 5.11. The molecule has 0 atom stereocenters. The number of hydrogen-bond acceptors (Lipinski definition) is 3. The van der Waals surface area contributed by atoms with Crippen molar-refractivity contribution in [1.29, 1.82) is 0 Å². The van der Waals surface area contributed by atoms with E-state index < -0.39 is 0 Å². The number of H-pyrrole nitrogens is 1. The number of carbonyl (C=O) groups is 1. The molecule has 1 aromatic carbocycles. The fourth-order valence-corrected chi connectivity index (χ4v) is 2.62. The second-order valence-electron chi connectivity index (χ2n) is 5.11. The molecular formula is C14H18N4O. The first-order valence-corrected chi connectivity index (χ1v) is 6.70. The number of piperidine rings is 1. The minimum atomic E-state index is 0.104. The molecule has 1 fully saturated rings. The van der Waals surface area contributed by atoms with Gasteiger partial charge in [-0.25, -0.2) is 4.98 Å². The Labute approximate surface area is 111 Å². The van der Waals surface area contributed by atoms with Crippen LogP contribution in [0.1, 0.15) is 23.2 Å². The van der Waals surface area contributed by atoms with Crippen molar-refractivity contribution in [2.75, 3.05) is 19.6 Å². The number of aromatic amines is 1. The van der Waals surface area contributed by atoms with E-state index in [-0.39, 0.29) is 5.91 Å². The second kappa shape index (κ2) is 5.01. The molecule has 5 nitrogen and oxygen atoms in total. The molecule has 1 aliphatic heterocycles. The van der Waals surface area contributed by atoms with Crippen LogP contribution >= 0.6 is 0 Å². The number of likely N-dealkylation sites (tertiary alicyclic amines) is 1. The Balaban J connectivity index is 1.76. The lowest BCUT2D eigenvalue weighted by Crippen LogP contribution is -2.40. The van der Waals surface area contributed by atoms with E-state index in [1.165, 1.54) is 0 Å². The van der Waals surface area contributed by atoms with Crippen LogP contribution in [0, 0.1) is 5.92 Å². The smallest absolute Gasteiger partial charge is 0.253 e. The summed E-state index contributed by atoms with van der Waals surface area (Å²) in [6.07, 6.45) is 3.66. The lowest BCUT2D eigenvalue weighted by atomic mass is 9.96. The fourth-order valence-electron chi connectivity index (χ4n) is 2.62. The van der Waals surface area contributed by atoms with Gasteiger partial charge in [0.1, 0.15) is 0 Å². The largest absolute Gasteiger partial charge is 0.345 e. The number of amides is 1. The number of nitrogens with one attached hydrogen (secondary N) is 1. The summed E-state index contributed by atoms with van der Waals surface area (Å²) in [6.45, 7) is 2.34. The molecule has 100 valence electrons. The summed E-state index contributed by atoms with van der Waals surface area (Å²) in [7, 11) is 0. The molecule has 0 saturated carbocycles. The quantitative estimate of drug-likeness (QED) is 0.854. The number of aromatic nitrogens is 2. The van der Waals surface area contributed by atoms with Gasteiger partial charge in [0.2, 0.25) is 0 Å². The van der Waals surface area contributed by atoms with Crippen molar-refractivity contribution in [2.24, 2.45) is 11.7 Å². The van der Waals surface area contributed by atoms with E-state index in [1.54, 1.807) is 6.33 Å². The topological polar surface area (TPSA) is 75.0 Å². The van der Waals surface area contributed by atoms with Crippen molar-refractivity contribution in [1.82, 2.24) is 14.9 Å². The van der Waals surface area contributed by atoms with Crippen molar-refractivity contribution < 1.29 is 4.79 Å². The van der Waals surface area contributed by atoms with Gasteiger partial charge in [-0.15, -0.1) is 0 Å². The third kappa shape index (κ3) is 2.33. The molecule has 1 amide bonds. The van der Waals surface area contributed by atoms with Crippen LogP contribution in [0.2, 0.25) is 0 Å². The number of fused-ring (bicyclic) bond motifs is 1. The number of imidazole rings is 1. The summed E-state index contributed by atoms with van der Waals surface area (Å²) in [5.41, 5.74) is 8.19. The van der Waals surface area contributed by atoms with Crippen LogP contribution in [0.25, 0.3) is 11.0 Å². The van der Waals surface area contributed by atoms with Crippen LogP contribution in [-0.2, 0) is 0 Å². The molecule has 5 heteroatoms. The number of benzene rings is 1. The number of nitrogens with two attached hydrogens (primary N) is 1. The van der Waals surface area contributed by atoms with Gasteiger partial charge in [0.15, 0.2) is 0 Å². The van der Waals surface area contributed by atoms with Gasteiger partial charge in [-0.2, -0.15) is 0 Å². The van der Waals surface area contributed by atoms with Gasteiger partial charge in [0, 0.05) is 18.7 Å². The van der Waals surface area contributed by atoms with Crippen LogP contribution in [0.15, 0.2) is 24.5 Å². The summed E-state index contributed by atoms with van der Waals surface area (Å²) in [5, 5.41) is 0. The molecule has 1 saturated heterocycles. The first-order valence-electron chi connectivity index (χ1n) is 6.70. The highest BCUT2D eigenvalue weighted by atomic mass is 16.2. The van der Waals surface area contributed by atoms with Crippen LogP contribution in [0.4, 0.5) is 0 Å². The number of hydrogen-bond donors (Lipinski definition) is 2. The fraction of sp³-hybridized carbons (Fsp3) is 0.429. The summed E-state index contributed by atoms with van der Waals surface area (Å²) in [4.78, 5) is 21.5. The average Bonchev–Trinajstić information content (AvgIpc) is 2.94. The zero-order valence-electron chi connectivity index (χ0n) is 10.8. The van der Waals surface area contributed by atoms with E-state index in [0.717, 1.165) is 49.1 Å². The summed E-state index contributed by atoms with van der Waals surface area (Å²) >= 11 is 0. The minimum absolute atomic E-state index is 0.104. The molecule has 1 aliphatic rings. The van der Waals surface area contributed by atoms with Gasteiger partial charge in [-0.3, -0.25) is 4.79 Å².